The summed E-state index contributed by atoms with van der Waals surface area (Å²) in [6, 6.07) is 0.342. The van der Waals surface area contributed by atoms with Gasteiger partial charge in [-0.2, -0.15) is 0 Å². The molecule has 5 heteroatoms. The summed E-state index contributed by atoms with van der Waals surface area (Å²) in [6.45, 7) is 0.467. The molecule has 0 amide bonds. The zero-order valence-electron chi connectivity index (χ0n) is 9.75. The molecule has 96 valence electrons. The Morgan fingerprint density at radius 3 is 2.75 bits per heavy atom. The average Bonchev–Trinajstić information content (AvgIpc) is 2.29. The minimum absolute atomic E-state index is 0.254. The number of halogens is 2. The van der Waals surface area contributed by atoms with Crippen molar-refractivity contribution < 1.29 is 18.3 Å². The van der Waals surface area contributed by atoms with Gasteiger partial charge in [-0.3, -0.25) is 0 Å². The Kier molecular flexibility index (Phi) is 6.84. The zero-order valence-corrected chi connectivity index (χ0v) is 9.75. The predicted molar refractivity (Wildman–Crippen MR) is 57.9 cm³/mol. The van der Waals surface area contributed by atoms with Crippen LogP contribution < -0.4 is 5.32 Å². The maximum Gasteiger partial charge on any atom is 0.261 e. The van der Waals surface area contributed by atoms with Crippen LogP contribution in [0.3, 0.4) is 0 Å². The van der Waals surface area contributed by atoms with Gasteiger partial charge in [0.1, 0.15) is 6.61 Å². The summed E-state index contributed by atoms with van der Waals surface area (Å²) in [6.07, 6.45) is 2.46. The molecule has 3 nitrogen and oxygen atoms in total. The maximum atomic E-state index is 11.8. The Hall–Kier alpha value is -0.260. The van der Waals surface area contributed by atoms with Crippen LogP contribution in [0, 0.1) is 0 Å². The molecule has 0 aromatic heterocycles. The predicted octanol–water partition coefficient (Wildman–Crippen LogP) is 1.82. The summed E-state index contributed by atoms with van der Waals surface area (Å²) in [5.74, 6) is 0. The van der Waals surface area contributed by atoms with Gasteiger partial charge in [-0.1, -0.05) is 12.8 Å². The molecule has 0 saturated heterocycles. The van der Waals surface area contributed by atoms with Crippen molar-refractivity contribution >= 4 is 0 Å². The quantitative estimate of drug-likeness (QED) is 0.685. The van der Waals surface area contributed by atoms with E-state index in [1.165, 1.54) is 12.8 Å². The number of ether oxygens (including phenoxy) is 2. The van der Waals surface area contributed by atoms with Crippen molar-refractivity contribution in [3.05, 3.63) is 0 Å². The third-order valence-corrected chi connectivity index (χ3v) is 2.90. The van der Waals surface area contributed by atoms with Gasteiger partial charge in [-0.25, -0.2) is 8.78 Å². The van der Waals surface area contributed by atoms with Gasteiger partial charge in [-0.15, -0.1) is 0 Å². The van der Waals surface area contributed by atoms with Crippen LogP contribution in [-0.4, -0.2) is 45.4 Å². The smallest absolute Gasteiger partial charge is 0.261 e. The molecule has 0 aliphatic heterocycles. The second-order valence-corrected chi connectivity index (χ2v) is 4.09. The van der Waals surface area contributed by atoms with Crippen LogP contribution in [0.2, 0.25) is 0 Å². The fourth-order valence-electron chi connectivity index (χ4n) is 2.10. The minimum Gasteiger partial charge on any atom is -0.380 e. The highest BCUT2D eigenvalue weighted by molar-refractivity contribution is 4.81. The summed E-state index contributed by atoms with van der Waals surface area (Å²) in [7, 11) is 1.72. The number of hydrogen-bond acceptors (Lipinski definition) is 3. The number of methoxy groups -OCH3 is 1. The fraction of sp³-hybridized carbons (Fsp3) is 1.00. The molecule has 1 N–H and O–H groups in total. The van der Waals surface area contributed by atoms with Crippen molar-refractivity contribution in [2.45, 2.75) is 44.3 Å². The molecule has 1 rings (SSSR count). The fourth-order valence-corrected chi connectivity index (χ4v) is 2.10. The molecule has 0 bridgehead atoms. The average molecular weight is 237 g/mol. The second kappa shape index (κ2) is 7.92. The highest BCUT2D eigenvalue weighted by atomic mass is 19.3. The Balaban J connectivity index is 2.06. The van der Waals surface area contributed by atoms with Crippen molar-refractivity contribution in [1.82, 2.24) is 5.32 Å². The van der Waals surface area contributed by atoms with Crippen molar-refractivity contribution in [3.63, 3.8) is 0 Å². The lowest BCUT2D eigenvalue weighted by atomic mass is 9.92. The third kappa shape index (κ3) is 5.18. The highest BCUT2D eigenvalue weighted by Crippen LogP contribution is 2.20. The van der Waals surface area contributed by atoms with E-state index in [0.717, 1.165) is 12.8 Å². The molecule has 1 fully saturated rings. The van der Waals surface area contributed by atoms with Gasteiger partial charge in [0.2, 0.25) is 0 Å². The Morgan fingerprint density at radius 1 is 1.31 bits per heavy atom. The van der Waals surface area contributed by atoms with E-state index in [1.807, 2.05) is 0 Å². The molecular formula is C11H21F2NO2. The normalized spacial score (nSPS) is 26.2. The first-order valence-electron chi connectivity index (χ1n) is 5.86. The van der Waals surface area contributed by atoms with E-state index >= 15 is 0 Å². The lowest BCUT2D eigenvalue weighted by Crippen LogP contribution is -2.44. The standard InChI is InChI=1S/C11H21F2NO2/c1-15-10-5-3-2-4-9(10)14-6-7-16-8-11(12)13/h9-11,14H,2-8H2,1H3. The summed E-state index contributed by atoms with van der Waals surface area (Å²) < 4.78 is 33.7. The van der Waals surface area contributed by atoms with Gasteiger partial charge in [0, 0.05) is 19.7 Å². The van der Waals surface area contributed by atoms with Crippen molar-refractivity contribution in [3.8, 4) is 0 Å². The molecule has 0 aromatic rings. The van der Waals surface area contributed by atoms with E-state index < -0.39 is 13.0 Å². The molecule has 1 aliphatic rings. The molecule has 16 heavy (non-hydrogen) atoms. The Labute approximate surface area is 95.5 Å². The first-order valence-corrected chi connectivity index (χ1v) is 5.86. The molecule has 0 spiro atoms. The number of hydrogen-bond donors (Lipinski definition) is 1. The van der Waals surface area contributed by atoms with Crippen LogP contribution in [0.5, 0.6) is 0 Å². The van der Waals surface area contributed by atoms with E-state index in [9.17, 15) is 8.78 Å². The lowest BCUT2D eigenvalue weighted by Gasteiger charge is -2.31. The SMILES string of the molecule is COC1CCCCC1NCCOCC(F)F. The summed E-state index contributed by atoms with van der Waals surface area (Å²) in [4.78, 5) is 0. The van der Waals surface area contributed by atoms with Gasteiger partial charge in [0.15, 0.2) is 0 Å². The lowest BCUT2D eigenvalue weighted by molar-refractivity contribution is 0.0113. The van der Waals surface area contributed by atoms with E-state index in [2.05, 4.69) is 5.32 Å². The molecule has 0 heterocycles. The van der Waals surface area contributed by atoms with Gasteiger partial charge < -0.3 is 14.8 Å². The van der Waals surface area contributed by atoms with Crippen molar-refractivity contribution in [1.29, 1.82) is 0 Å². The maximum absolute atomic E-state index is 11.8. The van der Waals surface area contributed by atoms with Crippen molar-refractivity contribution in [2.75, 3.05) is 26.9 Å². The Bertz CT molecular complexity index is 181. The van der Waals surface area contributed by atoms with Crippen LogP contribution in [0.4, 0.5) is 8.78 Å². The molecule has 1 aliphatic carbocycles. The molecule has 2 atom stereocenters. The number of rotatable bonds is 7. The molecular weight excluding hydrogens is 216 g/mol. The van der Waals surface area contributed by atoms with Gasteiger partial charge >= 0.3 is 0 Å². The molecule has 0 aromatic carbocycles. The summed E-state index contributed by atoms with van der Waals surface area (Å²) in [5.41, 5.74) is 0. The van der Waals surface area contributed by atoms with Crippen LogP contribution in [-0.2, 0) is 9.47 Å². The van der Waals surface area contributed by atoms with Crippen molar-refractivity contribution in [2.24, 2.45) is 0 Å². The first-order chi connectivity index (χ1) is 7.74. The van der Waals surface area contributed by atoms with Gasteiger partial charge in [0.05, 0.1) is 12.7 Å². The second-order valence-electron chi connectivity index (χ2n) is 4.09. The summed E-state index contributed by atoms with van der Waals surface area (Å²) in [5, 5.41) is 3.30. The summed E-state index contributed by atoms with van der Waals surface area (Å²) >= 11 is 0. The highest BCUT2D eigenvalue weighted by Gasteiger charge is 2.23. The Morgan fingerprint density at radius 2 is 2.06 bits per heavy atom. The molecule has 2 unspecified atom stereocenters. The monoisotopic (exact) mass is 237 g/mol. The number of nitrogens with one attached hydrogen (secondary N) is 1. The van der Waals surface area contributed by atoms with Gasteiger partial charge in [-0.05, 0) is 12.8 Å². The largest absolute Gasteiger partial charge is 0.380 e. The third-order valence-electron chi connectivity index (χ3n) is 2.90. The minimum atomic E-state index is -2.37. The van der Waals surface area contributed by atoms with Crippen LogP contribution in [0.15, 0.2) is 0 Å². The first kappa shape index (κ1) is 13.8. The van der Waals surface area contributed by atoms with Gasteiger partial charge in [0.25, 0.3) is 6.43 Å². The molecule has 0 radical (unpaired) electrons. The van der Waals surface area contributed by atoms with E-state index in [4.69, 9.17) is 9.47 Å². The molecule has 1 saturated carbocycles. The topological polar surface area (TPSA) is 30.5 Å². The van der Waals surface area contributed by atoms with Crippen LogP contribution >= 0.6 is 0 Å². The van der Waals surface area contributed by atoms with Crippen LogP contribution in [0.25, 0.3) is 0 Å². The number of alkyl halides is 2. The van der Waals surface area contributed by atoms with E-state index in [1.54, 1.807) is 7.11 Å². The van der Waals surface area contributed by atoms with E-state index in [-0.39, 0.29) is 6.10 Å². The van der Waals surface area contributed by atoms with Crippen LogP contribution in [0.1, 0.15) is 25.7 Å². The zero-order chi connectivity index (χ0) is 11.8. The van der Waals surface area contributed by atoms with E-state index in [0.29, 0.717) is 19.2 Å².